The quantitative estimate of drug-likeness (QED) is 0.495. The van der Waals surface area contributed by atoms with Crippen molar-refractivity contribution in [1.82, 2.24) is 0 Å². The molecule has 0 saturated carbocycles. The fraction of sp³-hybridized carbons (Fsp3) is 0.269. The molecule has 0 aliphatic carbocycles. The van der Waals surface area contributed by atoms with Crippen molar-refractivity contribution >= 4 is 5.97 Å². The third kappa shape index (κ3) is 5.69. The minimum Gasteiger partial charge on any atom is -0.489 e. The summed E-state index contributed by atoms with van der Waals surface area (Å²) in [6.07, 6.45) is 0.381. The Morgan fingerprint density at radius 1 is 0.933 bits per heavy atom. The monoisotopic (exact) mass is 406 g/mol. The third-order valence-electron chi connectivity index (χ3n) is 5.06. The van der Waals surface area contributed by atoms with Gasteiger partial charge in [0.25, 0.3) is 0 Å². The topological polar surface area (TPSA) is 46.5 Å². The molecule has 30 heavy (non-hydrogen) atoms. The van der Waals surface area contributed by atoms with Crippen LogP contribution < -0.4 is 4.74 Å². The molecule has 0 aliphatic rings. The van der Waals surface area contributed by atoms with Gasteiger partial charge in [0.05, 0.1) is 0 Å². The minimum absolute atomic E-state index is 0.0174. The molecule has 0 saturated heterocycles. The number of carboxylic acid groups (broad SMARTS) is 1. The third-order valence-corrected chi connectivity index (χ3v) is 5.06. The summed E-state index contributed by atoms with van der Waals surface area (Å²) in [6, 6.07) is 20.3. The Bertz CT molecular complexity index is 1000. The lowest BCUT2D eigenvalue weighted by molar-refractivity contribution is -0.136. The first-order valence-corrected chi connectivity index (χ1v) is 10.1. The van der Waals surface area contributed by atoms with Crippen LogP contribution in [0.3, 0.4) is 0 Å². The number of ether oxygens (including phenoxy) is 1. The van der Waals surface area contributed by atoms with Crippen LogP contribution >= 0.6 is 0 Å². The number of aryl methyl sites for hydroxylation is 1. The Hall–Kier alpha value is -3.14. The molecule has 0 spiro atoms. The van der Waals surface area contributed by atoms with E-state index in [-0.39, 0.29) is 17.7 Å². The predicted octanol–water partition coefficient (Wildman–Crippen LogP) is 6.39. The Kier molecular flexibility index (Phi) is 6.56. The summed E-state index contributed by atoms with van der Waals surface area (Å²) in [5.41, 5.74) is 5.01. The number of hydrogen-bond donors (Lipinski definition) is 1. The van der Waals surface area contributed by atoms with Crippen LogP contribution in [0.25, 0.3) is 11.1 Å². The van der Waals surface area contributed by atoms with Crippen molar-refractivity contribution in [3.05, 3.63) is 89.2 Å². The lowest BCUT2D eigenvalue weighted by atomic mass is 9.87. The summed E-state index contributed by atoms with van der Waals surface area (Å²) >= 11 is 0. The van der Waals surface area contributed by atoms with Gasteiger partial charge in [0, 0.05) is 6.42 Å². The lowest BCUT2D eigenvalue weighted by Crippen LogP contribution is -2.11. The number of aliphatic carboxylic acids is 1. The van der Waals surface area contributed by atoms with Crippen LogP contribution in [0.2, 0.25) is 0 Å². The molecule has 1 N–H and O–H groups in total. The standard InChI is InChI=1S/C26H27FO3/c1-26(2,3)22-10-4-18(5-11-22)17-30-24-14-8-20(16-21(24)9-15-25(28)29)19-6-12-23(27)13-7-19/h4-8,10-14,16H,9,15,17H2,1-3H3,(H,28,29). The van der Waals surface area contributed by atoms with Crippen LogP contribution in [0.1, 0.15) is 43.9 Å². The first-order chi connectivity index (χ1) is 14.2. The largest absolute Gasteiger partial charge is 0.489 e. The van der Waals surface area contributed by atoms with Crippen LogP contribution in [-0.4, -0.2) is 11.1 Å². The zero-order valence-corrected chi connectivity index (χ0v) is 17.6. The predicted molar refractivity (Wildman–Crippen MR) is 117 cm³/mol. The van der Waals surface area contributed by atoms with Crippen molar-refractivity contribution in [3.8, 4) is 16.9 Å². The van der Waals surface area contributed by atoms with Gasteiger partial charge in [-0.05, 0) is 63.9 Å². The second-order valence-electron chi connectivity index (χ2n) is 8.46. The van der Waals surface area contributed by atoms with E-state index in [0.29, 0.717) is 18.8 Å². The second kappa shape index (κ2) is 9.12. The highest BCUT2D eigenvalue weighted by Gasteiger charge is 2.13. The highest BCUT2D eigenvalue weighted by atomic mass is 19.1. The zero-order chi connectivity index (χ0) is 21.7. The van der Waals surface area contributed by atoms with Crippen molar-refractivity contribution < 1.29 is 19.0 Å². The Morgan fingerprint density at radius 3 is 2.17 bits per heavy atom. The maximum atomic E-state index is 13.2. The van der Waals surface area contributed by atoms with Crippen molar-refractivity contribution in [1.29, 1.82) is 0 Å². The Labute approximate surface area is 177 Å². The summed E-state index contributed by atoms with van der Waals surface area (Å²) in [4.78, 5) is 11.1. The molecule has 3 aromatic rings. The fourth-order valence-corrected chi connectivity index (χ4v) is 3.24. The summed E-state index contributed by atoms with van der Waals surface area (Å²) in [6.45, 7) is 6.93. The average molecular weight is 406 g/mol. The number of carbonyl (C=O) groups is 1. The minimum atomic E-state index is -0.856. The van der Waals surface area contributed by atoms with Crippen molar-refractivity contribution in [2.24, 2.45) is 0 Å². The van der Waals surface area contributed by atoms with Crippen LogP contribution in [0.15, 0.2) is 66.7 Å². The molecular formula is C26H27FO3. The van der Waals surface area contributed by atoms with Gasteiger partial charge >= 0.3 is 5.97 Å². The lowest BCUT2D eigenvalue weighted by Gasteiger charge is -2.19. The summed E-state index contributed by atoms with van der Waals surface area (Å²) in [5, 5.41) is 9.10. The average Bonchev–Trinajstić information content (AvgIpc) is 2.71. The molecule has 4 heteroatoms. The van der Waals surface area contributed by atoms with E-state index in [1.807, 2.05) is 18.2 Å². The molecule has 0 atom stereocenters. The first-order valence-electron chi connectivity index (χ1n) is 10.1. The molecule has 0 aliphatic heterocycles. The van der Waals surface area contributed by atoms with E-state index < -0.39 is 5.97 Å². The van der Waals surface area contributed by atoms with Crippen LogP contribution in [0.5, 0.6) is 5.75 Å². The van der Waals surface area contributed by atoms with Gasteiger partial charge in [-0.1, -0.05) is 63.2 Å². The highest BCUT2D eigenvalue weighted by Crippen LogP contribution is 2.29. The van der Waals surface area contributed by atoms with E-state index in [2.05, 4.69) is 45.0 Å². The maximum Gasteiger partial charge on any atom is 0.303 e. The number of carboxylic acids is 1. The van der Waals surface area contributed by atoms with Gasteiger partial charge in [0.1, 0.15) is 18.2 Å². The molecule has 3 aromatic carbocycles. The second-order valence-corrected chi connectivity index (χ2v) is 8.46. The van der Waals surface area contributed by atoms with Gasteiger partial charge in [-0.2, -0.15) is 0 Å². The van der Waals surface area contributed by atoms with Gasteiger partial charge in [-0.15, -0.1) is 0 Å². The molecule has 3 rings (SSSR count). The molecule has 156 valence electrons. The van der Waals surface area contributed by atoms with Gasteiger partial charge in [0.2, 0.25) is 0 Å². The molecule has 0 aromatic heterocycles. The Balaban J connectivity index is 1.80. The van der Waals surface area contributed by atoms with Gasteiger partial charge in [0.15, 0.2) is 0 Å². The van der Waals surface area contributed by atoms with E-state index in [1.54, 1.807) is 12.1 Å². The maximum absolute atomic E-state index is 13.2. The number of rotatable bonds is 7. The SMILES string of the molecule is CC(C)(C)c1ccc(COc2ccc(-c3ccc(F)cc3)cc2CCC(=O)O)cc1. The number of benzene rings is 3. The first kappa shape index (κ1) is 21.6. The van der Waals surface area contributed by atoms with E-state index in [1.165, 1.54) is 17.7 Å². The Morgan fingerprint density at radius 2 is 1.57 bits per heavy atom. The fourth-order valence-electron chi connectivity index (χ4n) is 3.24. The molecule has 0 heterocycles. The molecule has 0 bridgehead atoms. The smallest absolute Gasteiger partial charge is 0.303 e. The van der Waals surface area contributed by atoms with Gasteiger partial charge in [-0.3, -0.25) is 4.79 Å². The number of hydrogen-bond acceptors (Lipinski definition) is 2. The molecule has 0 fully saturated rings. The van der Waals surface area contributed by atoms with Gasteiger partial charge < -0.3 is 9.84 Å². The van der Waals surface area contributed by atoms with Crippen LogP contribution in [0, 0.1) is 5.82 Å². The van der Waals surface area contributed by atoms with Gasteiger partial charge in [-0.25, -0.2) is 4.39 Å². The van der Waals surface area contributed by atoms with Crippen LogP contribution in [-0.2, 0) is 23.2 Å². The molecule has 0 amide bonds. The van der Waals surface area contributed by atoms with E-state index in [4.69, 9.17) is 9.84 Å². The summed E-state index contributed by atoms with van der Waals surface area (Å²) in [7, 11) is 0. The van der Waals surface area contributed by atoms with E-state index >= 15 is 0 Å². The normalized spacial score (nSPS) is 11.3. The molecule has 0 unspecified atom stereocenters. The molecule has 0 radical (unpaired) electrons. The van der Waals surface area contributed by atoms with Crippen molar-refractivity contribution in [2.45, 2.75) is 45.6 Å². The van der Waals surface area contributed by atoms with Crippen molar-refractivity contribution in [2.75, 3.05) is 0 Å². The van der Waals surface area contributed by atoms with Crippen molar-refractivity contribution in [3.63, 3.8) is 0 Å². The highest BCUT2D eigenvalue weighted by molar-refractivity contribution is 5.69. The summed E-state index contributed by atoms with van der Waals surface area (Å²) < 4.78 is 19.3. The molecule has 3 nitrogen and oxygen atoms in total. The number of halogens is 1. The zero-order valence-electron chi connectivity index (χ0n) is 17.6. The molecular weight excluding hydrogens is 379 g/mol. The van der Waals surface area contributed by atoms with Crippen LogP contribution in [0.4, 0.5) is 4.39 Å². The summed E-state index contributed by atoms with van der Waals surface area (Å²) in [5.74, 6) is -0.477. The van der Waals surface area contributed by atoms with E-state index in [0.717, 1.165) is 22.3 Å². The van der Waals surface area contributed by atoms with E-state index in [9.17, 15) is 9.18 Å².